The van der Waals surface area contributed by atoms with Crippen molar-refractivity contribution in [1.82, 2.24) is 14.1 Å². The number of hydrogen-bond donors (Lipinski definition) is 0. The van der Waals surface area contributed by atoms with Gasteiger partial charge in [0.05, 0.1) is 10.5 Å². The number of carbonyl (C=O) groups excluding carboxylic acids is 3. The zero-order chi connectivity index (χ0) is 24.8. The summed E-state index contributed by atoms with van der Waals surface area (Å²) in [6.07, 6.45) is 0. The molecule has 2 rings (SSSR count). The summed E-state index contributed by atoms with van der Waals surface area (Å²) in [5, 5.41) is 0. The molecule has 0 bridgehead atoms. The number of carbonyl (C=O) groups is 3. The molecule has 0 spiro atoms. The second-order valence-corrected chi connectivity index (χ2v) is 11.0. The van der Waals surface area contributed by atoms with Crippen LogP contribution in [0.4, 0.5) is 0 Å². The summed E-state index contributed by atoms with van der Waals surface area (Å²) in [6, 6.07) is 5.61. The highest BCUT2D eigenvalue weighted by atomic mass is 32.2. The molecule has 0 atom stereocenters. The molecule has 1 heterocycles. The fourth-order valence-corrected chi connectivity index (χ4v) is 5.11. The fourth-order valence-electron chi connectivity index (χ4n) is 3.64. The minimum atomic E-state index is -3.83. The first-order valence-electron chi connectivity index (χ1n) is 11.2. The Hall–Kier alpha value is -2.46. The summed E-state index contributed by atoms with van der Waals surface area (Å²) in [5.41, 5.74) is 0.0607. The Labute approximate surface area is 196 Å². The number of piperazine rings is 1. The van der Waals surface area contributed by atoms with Crippen molar-refractivity contribution in [3.05, 3.63) is 29.8 Å². The second-order valence-electron chi connectivity index (χ2n) is 9.10. The Morgan fingerprint density at radius 1 is 1.00 bits per heavy atom. The highest BCUT2D eigenvalue weighted by Crippen LogP contribution is 2.19. The van der Waals surface area contributed by atoms with E-state index in [9.17, 15) is 22.8 Å². The summed E-state index contributed by atoms with van der Waals surface area (Å²) in [5.74, 6) is -0.564. The molecule has 1 aliphatic heterocycles. The maximum absolute atomic E-state index is 13.0. The molecule has 33 heavy (non-hydrogen) atoms. The van der Waals surface area contributed by atoms with Crippen molar-refractivity contribution in [2.75, 3.05) is 45.9 Å². The molecule has 0 N–H and O–H groups in total. The monoisotopic (exact) mass is 481 g/mol. The van der Waals surface area contributed by atoms with E-state index in [-0.39, 0.29) is 47.2 Å². The van der Waals surface area contributed by atoms with E-state index in [0.717, 1.165) is 0 Å². The largest absolute Gasteiger partial charge is 0.452 e. The number of nitrogens with zero attached hydrogens (tertiary/aromatic N) is 3. The summed E-state index contributed by atoms with van der Waals surface area (Å²) < 4.78 is 32.5. The second kappa shape index (κ2) is 11.6. The highest BCUT2D eigenvalue weighted by molar-refractivity contribution is 7.89. The van der Waals surface area contributed by atoms with Crippen LogP contribution in [-0.4, -0.2) is 86.2 Å². The Morgan fingerprint density at radius 2 is 1.58 bits per heavy atom. The lowest BCUT2D eigenvalue weighted by molar-refractivity contribution is -0.135. The number of amides is 2. The molecule has 1 aromatic rings. The number of ether oxygens (including phenoxy) is 1. The molecule has 0 unspecified atom stereocenters. The molecule has 9 nitrogen and oxygen atoms in total. The predicted molar refractivity (Wildman–Crippen MR) is 124 cm³/mol. The molecule has 1 saturated heterocycles. The van der Waals surface area contributed by atoms with Gasteiger partial charge >= 0.3 is 5.97 Å². The van der Waals surface area contributed by atoms with Crippen LogP contribution >= 0.6 is 0 Å². The first kappa shape index (κ1) is 26.8. The average Bonchev–Trinajstić information content (AvgIpc) is 2.76. The number of sulfonamides is 1. The maximum atomic E-state index is 13.0. The predicted octanol–water partition coefficient (Wildman–Crippen LogP) is 1.84. The summed E-state index contributed by atoms with van der Waals surface area (Å²) in [7, 11) is -3.83. The molecule has 1 fully saturated rings. The molecular weight excluding hydrogens is 446 g/mol. The van der Waals surface area contributed by atoms with Crippen molar-refractivity contribution in [3.63, 3.8) is 0 Å². The van der Waals surface area contributed by atoms with E-state index < -0.39 is 22.6 Å². The summed E-state index contributed by atoms with van der Waals surface area (Å²) in [6.45, 7) is 11.3. The quantitative estimate of drug-likeness (QED) is 0.499. The fraction of sp³-hybridized carbons (Fsp3) is 0.609. The van der Waals surface area contributed by atoms with Gasteiger partial charge in [-0.1, -0.05) is 33.8 Å². The molecule has 0 radical (unpaired) electrons. The van der Waals surface area contributed by atoms with Gasteiger partial charge in [-0.15, -0.1) is 0 Å². The summed E-state index contributed by atoms with van der Waals surface area (Å²) >= 11 is 0. The smallest absolute Gasteiger partial charge is 0.338 e. The lowest BCUT2D eigenvalue weighted by Crippen LogP contribution is -2.49. The van der Waals surface area contributed by atoms with Gasteiger partial charge in [-0.25, -0.2) is 13.2 Å². The van der Waals surface area contributed by atoms with Crippen molar-refractivity contribution in [2.45, 2.75) is 39.5 Å². The zero-order valence-electron chi connectivity index (χ0n) is 20.1. The van der Waals surface area contributed by atoms with Gasteiger partial charge in [0.2, 0.25) is 15.9 Å². The van der Waals surface area contributed by atoms with Crippen LogP contribution < -0.4 is 0 Å². The third-order valence-corrected chi connectivity index (χ3v) is 7.14. The van der Waals surface area contributed by atoms with E-state index in [1.165, 1.54) is 35.5 Å². The van der Waals surface area contributed by atoms with Crippen LogP contribution in [0.15, 0.2) is 29.2 Å². The number of benzene rings is 1. The van der Waals surface area contributed by atoms with Crippen molar-refractivity contribution in [3.8, 4) is 0 Å². The molecule has 0 aliphatic carbocycles. The van der Waals surface area contributed by atoms with Crippen LogP contribution in [0.1, 0.15) is 45.0 Å². The molecular formula is C23H35N3O6S. The normalized spacial score (nSPS) is 15.1. The van der Waals surface area contributed by atoms with Gasteiger partial charge in [0.25, 0.3) is 5.91 Å². The molecule has 184 valence electrons. The van der Waals surface area contributed by atoms with Crippen LogP contribution in [0.25, 0.3) is 0 Å². The van der Waals surface area contributed by atoms with E-state index in [4.69, 9.17) is 4.74 Å². The van der Waals surface area contributed by atoms with Gasteiger partial charge in [-0.2, -0.15) is 4.31 Å². The average molecular weight is 482 g/mol. The van der Waals surface area contributed by atoms with E-state index in [1.807, 2.05) is 27.7 Å². The Bertz CT molecular complexity index is 943. The van der Waals surface area contributed by atoms with Crippen molar-refractivity contribution < 1.29 is 27.5 Å². The van der Waals surface area contributed by atoms with Crippen molar-refractivity contribution in [2.24, 2.45) is 11.8 Å². The first-order chi connectivity index (χ1) is 15.4. The molecule has 0 aromatic heterocycles. The molecule has 0 saturated carbocycles. The molecule has 1 aromatic carbocycles. The molecule has 2 amide bonds. The Balaban J connectivity index is 2.05. The topological polar surface area (TPSA) is 104 Å². The summed E-state index contributed by atoms with van der Waals surface area (Å²) in [4.78, 5) is 39.9. The standard InChI is InChI=1S/C23H35N3O6S/c1-17(2)14-25(15-18(3)4)22(28)16-32-23(29)20-7-6-8-21(13-20)33(30,31)26-11-9-24(10-12-26)19(5)27/h6-8,13,17-18H,9-12,14-16H2,1-5H3. The zero-order valence-corrected chi connectivity index (χ0v) is 20.9. The Kier molecular flexibility index (Phi) is 9.42. The minimum Gasteiger partial charge on any atom is -0.452 e. The van der Waals surface area contributed by atoms with Crippen LogP contribution in [0.2, 0.25) is 0 Å². The lowest BCUT2D eigenvalue weighted by atomic mass is 10.1. The third kappa shape index (κ3) is 7.53. The molecule has 1 aliphatic rings. The van der Waals surface area contributed by atoms with Gasteiger partial charge in [0.15, 0.2) is 6.61 Å². The van der Waals surface area contributed by atoms with E-state index >= 15 is 0 Å². The van der Waals surface area contributed by atoms with Crippen LogP contribution in [0, 0.1) is 11.8 Å². The van der Waals surface area contributed by atoms with Gasteiger partial charge in [0, 0.05) is 46.2 Å². The first-order valence-corrected chi connectivity index (χ1v) is 12.7. The minimum absolute atomic E-state index is 0.0270. The number of hydrogen-bond acceptors (Lipinski definition) is 6. The van der Waals surface area contributed by atoms with E-state index in [0.29, 0.717) is 26.2 Å². The van der Waals surface area contributed by atoms with Gasteiger partial charge < -0.3 is 14.5 Å². The SMILES string of the molecule is CC(=O)N1CCN(S(=O)(=O)c2cccc(C(=O)OCC(=O)N(CC(C)C)CC(C)C)c2)CC1. The third-order valence-electron chi connectivity index (χ3n) is 5.24. The van der Waals surface area contributed by atoms with Crippen LogP contribution in [0.3, 0.4) is 0 Å². The maximum Gasteiger partial charge on any atom is 0.338 e. The molecule has 10 heteroatoms. The van der Waals surface area contributed by atoms with E-state index in [2.05, 4.69) is 0 Å². The Morgan fingerprint density at radius 3 is 2.09 bits per heavy atom. The highest BCUT2D eigenvalue weighted by Gasteiger charge is 2.30. The van der Waals surface area contributed by atoms with Crippen LogP contribution in [0.5, 0.6) is 0 Å². The van der Waals surface area contributed by atoms with Crippen LogP contribution in [-0.2, 0) is 24.3 Å². The lowest BCUT2D eigenvalue weighted by Gasteiger charge is -2.33. The van der Waals surface area contributed by atoms with Gasteiger partial charge in [0.1, 0.15) is 0 Å². The van der Waals surface area contributed by atoms with Gasteiger partial charge in [-0.3, -0.25) is 9.59 Å². The van der Waals surface area contributed by atoms with Crippen molar-refractivity contribution in [1.29, 1.82) is 0 Å². The van der Waals surface area contributed by atoms with E-state index in [1.54, 1.807) is 9.80 Å². The van der Waals surface area contributed by atoms with Crippen molar-refractivity contribution >= 4 is 27.8 Å². The van der Waals surface area contributed by atoms with Gasteiger partial charge in [-0.05, 0) is 30.0 Å². The number of esters is 1. The number of rotatable bonds is 9.